The minimum atomic E-state index is -0.458. The second-order valence-corrected chi connectivity index (χ2v) is 7.24. The lowest BCUT2D eigenvalue weighted by molar-refractivity contribution is -0.385. The molecule has 7 heteroatoms. The Morgan fingerprint density at radius 2 is 2.13 bits per heavy atom. The molecule has 0 saturated heterocycles. The molecule has 23 heavy (non-hydrogen) atoms. The van der Waals surface area contributed by atoms with Crippen molar-refractivity contribution in [2.75, 3.05) is 6.54 Å². The summed E-state index contributed by atoms with van der Waals surface area (Å²) < 4.78 is 1.23. The Morgan fingerprint density at radius 3 is 2.87 bits per heavy atom. The van der Waals surface area contributed by atoms with E-state index in [4.69, 9.17) is 0 Å². The molecule has 0 radical (unpaired) electrons. The zero-order valence-corrected chi connectivity index (χ0v) is 14.0. The zero-order chi connectivity index (χ0) is 16.4. The van der Waals surface area contributed by atoms with Gasteiger partial charge in [0.25, 0.3) is 11.6 Å². The maximum Gasteiger partial charge on any atom is 0.283 e. The molecule has 1 N–H and O–H groups in total. The number of rotatable bonds is 5. The molecule has 0 aliphatic rings. The number of hydrogen-bond donors (Lipinski definition) is 1. The first kappa shape index (κ1) is 15.6. The lowest BCUT2D eigenvalue weighted by Gasteiger charge is -2.03. The van der Waals surface area contributed by atoms with Gasteiger partial charge in [-0.25, -0.2) is 0 Å². The Bertz CT molecular complexity index is 882. The number of aryl methyl sites for hydroxylation is 1. The van der Waals surface area contributed by atoms with Crippen LogP contribution in [0.25, 0.3) is 10.1 Å². The van der Waals surface area contributed by atoms with Gasteiger partial charge in [0, 0.05) is 17.3 Å². The summed E-state index contributed by atoms with van der Waals surface area (Å²) in [6.07, 6.45) is 0.738. The molecular formula is C16H14N2O3S2. The van der Waals surface area contributed by atoms with Gasteiger partial charge in [-0.2, -0.15) is 0 Å². The van der Waals surface area contributed by atoms with Crippen molar-refractivity contribution < 1.29 is 9.72 Å². The summed E-state index contributed by atoms with van der Waals surface area (Å²) in [5, 5.41) is 17.0. The number of benzene rings is 1. The summed E-state index contributed by atoms with van der Waals surface area (Å²) in [6, 6.07) is 9.51. The van der Waals surface area contributed by atoms with E-state index in [1.54, 1.807) is 18.3 Å². The SMILES string of the molecule is Cc1sc(C(=O)NCCc2csc3ccccc23)cc1[N+](=O)[O-]. The van der Waals surface area contributed by atoms with Crippen LogP contribution in [0.5, 0.6) is 0 Å². The number of carbonyl (C=O) groups is 1. The van der Waals surface area contributed by atoms with E-state index in [1.807, 2.05) is 12.1 Å². The summed E-state index contributed by atoms with van der Waals surface area (Å²) in [5.41, 5.74) is 1.21. The molecule has 0 bridgehead atoms. The summed E-state index contributed by atoms with van der Waals surface area (Å²) >= 11 is 2.84. The van der Waals surface area contributed by atoms with Gasteiger partial charge in [0.2, 0.25) is 0 Å². The smallest absolute Gasteiger partial charge is 0.283 e. The highest BCUT2D eigenvalue weighted by molar-refractivity contribution is 7.17. The molecule has 0 aliphatic carbocycles. The van der Waals surface area contributed by atoms with Crippen LogP contribution in [0.2, 0.25) is 0 Å². The van der Waals surface area contributed by atoms with Gasteiger partial charge in [-0.3, -0.25) is 14.9 Å². The molecule has 0 fully saturated rings. The number of fused-ring (bicyclic) bond motifs is 1. The van der Waals surface area contributed by atoms with Crippen LogP contribution in [0.3, 0.4) is 0 Å². The van der Waals surface area contributed by atoms with Crippen LogP contribution in [-0.4, -0.2) is 17.4 Å². The van der Waals surface area contributed by atoms with Gasteiger partial charge in [0.05, 0.1) is 14.7 Å². The van der Waals surface area contributed by atoms with E-state index in [0.29, 0.717) is 16.3 Å². The number of thiophene rings is 2. The van der Waals surface area contributed by atoms with Gasteiger partial charge in [-0.05, 0) is 35.7 Å². The fraction of sp³-hybridized carbons (Fsp3) is 0.188. The fourth-order valence-corrected chi connectivity index (χ4v) is 4.29. The monoisotopic (exact) mass is 346 g/mol. The van der Waals surface area contributed by atoms with Gasteiger partial charge in [-0.1, -0.05) is 18.2 Å². The normalized spacial score (nSPS) is 10.8. The van der Waals surface area contributed by atoms with Crippen LogP contribution in [0, 0.1) is 17.0 Å². The van der Waals surface area contributed by atoms with E-state index in [2.05, 4.69) is 22.8 Å². The van der Waals surface area contributed by atoms with Crippen LogP contribution in [0.15, 0.2) is 35.7 Å². The van der Waals surface area contributed by atoms with Crippen LogP contribution < -0.4 is 5.32 Å². The van der Waals surface area contributed by atoms with Crippen molar-refractivity contribution in [3.8, 4) is 0 Å². The predicted molar refractivity (Wildman–Crippen MR) is 93.6 cm³/mol. The number of hydrogen-bond acceptors (Lipinski definition) is 5. The van der Waals surface area contributed by atoms with Crippen LogP contribution in [0.4, 0.5) is 5.69 Å². The minimum absolute atomic E-state index is 0.00368. The molecule has 0 atom stereocenters. The number of nitrogens with zero attached hydrogens (tertiary/aromatic N) is 1. The molecule has 0 saturated carbocycles. The first-order chi connectivity index (χ1) is 11.1. The van der Waals surface area contributed by atoms with Crippen molar-refractivity contribution in [2.24, 2.45) is 0 Å². The highest BCUT2D eigenvalue weighted by atomic mass is 32.1. The van der Waals surface area contributed by atoms with E-state index in [9.17, 15) is 14.9 Å². The standard InChI is InChI=1S/C16H14N2O3S2/c1-10-13(18(20)21)8-15(23-10)16(19)17-7-6-11-9-22-14-5-3-2-4-12(11)14/h2-5,8-9H,6-7H2,1H3,(H,17,19). The molecule has 1 aromatic carbocycles. The Kier molecular flexibility index (Phi) is 4.40. The average molecular weight is 346 g/mol. The van der Waals surface area contributed by atoms with Crippen LogP contribution in [-0.2, 0) is 6.42 Å². The molecule has 2 heterocycles. The van der Waals surface area contributed by atoms with Crippen molar-refractivity contribution in [1.82, 2.24) is 5.32 Å². The van der Waals surface area contributed by atoms with Crippen molar-refractivity contribution in [1.29, 1.82) is 0 Å². The number of amides is 1. The van der Waals surface area contributed by atoms with E-state index in [-0.39, 0.29) is 11.6 Å². The highest BCUT2D eigenvalue weighted by Crippen LogP contribution is 2.28. The average Bonchev–Trinajstić information content (AvgIpc) is 3.11. The lowest BCUT2D eigenvalue weighted by Crippen LogP contribution is -2.24. The number of nitrogens with one attached hydrogen (secondary N) is 1. The van der Waals surface area contributed by atoms with E-state index in [0.717, 1.165) is 17.8 Å². The van der Waals surface area contributed by atoms with Crippen LogP contribution in [0.1, 0.15) is 20.1 Å². The third kappa shape index (κ3) is 3.25. The molecule has 2 aromatic heterocycles. The zero-order valence-electron chi connectivity index (χ0n) is 12.4. The largest absolute Gasteiger partial charge is 0.351 e. The summed E-state index contributed by atoms with van der Waals surface area (Å²) in [6.45, 7) is 2.15. The van der Waals surface area contributed by atoms with Crippen LogP contribution >= 0.6 is 22.7 Å². The molecule has 5 nitrogen and oxygen atoms in total. The second kappa shape index (κ2) is 6.47. The van der Waals surface area contributed by atoms with Gasteiger partial charge in [0.1, 0.15) is 0 Å². The van der Waals surface area contributed by atoms with Crippen molar-refractivity contribution >= 4 is 44.4 Å². The third-order valence-electron chi connectivity index (χ3n) is 3.55. The quantitative estimate of drug-likeness (QED) is 0.557. The van der Waals surface area contributed by atoms with Gasteiger partial charge in [-0.15, -0.1) is 22.7 Å². The molecule has 3 aromatic rings. The molecule has 0 spiro atoms. The Hall–Kier alpha value is -2.25. The first-order valence-corrected chi connectivity index (χ1v) is 8.74. The van der Waals surface area contributed by atoms with Crippen molar-refractivity contribution in [2.45, 2.75) is 13.3 Å². The van der Waals surface area contributed by atoms with Gasteiger partial charge < -0.3 is 5.32 Å². The predicted octanol–water partition coefficient (Wildman–Crippen LogP) is 4.15. The summed E-state index contributed by atoms with van der Waals surface area (Å²) in [7, 11) is 0. The molecule has 3 rings (SSSR count). The van der Waals surface area contributed by atoms with E-state index < -0.39 is 4.92 Å². The van der Waals surface area contributed by atoms with Crippen molar-refractivity contribution in [3.63, 3.8) is 0 Å². The molecule has 0 aliphatic heterocycles. The van der Waals surface area contributed by atoms with Gasteiger partial charge >= 0.3 is 0 Å². The molecule has 118 valence electrons. The first-order valence-electron chi connectivity index (χ1n) is 7.04. The lowest BCUT2D eigenvalue weighted by atomic mass is 10.1. The second-order valence-electron chi connectivity index (χ2n) is 5.07. The Morgan fingerprint density at radius 1 is 1.35 bits per heavy atom. The maximum absolute atomic E-state index is 12.1. The molecular weight excluding hydrogens is 332 g/mol. The Balaban J connectivity index is 1.63. The summed E-state index contributed by atoms with van der Waals surface area (Å²) in [4.78, 5) is 23.4. The third-order valence-corrected chi connectivity index (χ3v) is 5.60. The highest BCUT2D eigenvalue weighted by Gasteiger charge is 2.19. The molecule has 1 amide bonds. The Labute approximate surface area is 140 Å². The van der Waals surface area contributed by atoms with Gasteiger partial charge in [0.15, 0.2) is 0 Å². The topological polar surface area (TPSA) is 72.2 Å². The number of carbonyl (C=O) groups excluding carboxylic acids is 1. The minimum Gasteiger partial charge on any atom is -0.351 e. The van der Waals surface area contributed by atoms with Crippen molar-refractivity contribution in [3.05, 3.63) is 61.1 Å². The molecule has 0 unspecified atom stereocenters. The fourth-order valence-electron chi connectivity index (χ4n) is 2.39. The van der Waals surface area contributed by atoms with E-state index >= 15 is 0 Å². The maximum atomic E-state index is 12.1. The van der Waals surface area contributed by atoms with E-state index in [1.165, 1.54) is 21.7 Å². The summed E-state index contributed by atoms with van der Waals surface area (Å²) in [5.74, 6) is -0.259. The number of nitro groups is 1.